The lowest BCUT2D eigenvalue weighted by Gasteiger charge is -2.17. The Morgan fingerprint density at radius 2 is 1.88 bits per heavy atom. The highest BCUT2D eigenvalue weighted by molar-refractivity contribution is 5.94. The van der Waals surface area contributed by atoms with Gasteiger partial charge in [0.2, 0.25) is 0 Å². The smallest absolute Gasteiger partial charge is 0.128 e. The Labute approximate surface area is 94.4 Å². The first kappa shape index (κ1) is 9.39. The lowest BCUT2D eigenvalue weighted by atomic mass is 10.2. The van der Waals surface area contributed by atoms with E-state index in [2.05, 4.69) is 17.0 Å². The van der Waals surface area contributed by atoms with E-state index < -0.39 is 0 Å². The van der Waals surface area contributed by atoms with Crippen molar-refractivity contribution in [2.75, 3.05) is 29.6 Å². The first-order valence-corrected chi connectivity index (χ1v) is 5.67. The third-order valence-electron chi connectivity index (χ3n) is 3.30. The molecule has 0 spiro atoms. The van der Waals surface area contributed by atoms with Crippen LogP contribution in [0.5, 0.6) is 0 Å². The van der Waals surface area contributed by atoms with Crippen LogP contribution in [0.4, 0.5) is 11.5 Å². The summed E-state index contributed by atoms with van der Waals surface area (Å²) in [6.45, 7) is 2.18. The van der Waals surface area contributed by atoms with Crippen LogP contribution in [-0.2, 0) is 0 Å². The van der Waals surface area contributed by atoms with Crippen molar-refractivity contribution in [1.29, 1.82) is 0 Å². The van der Waals surface area contributed by atoms with Crippen LogP contribution in [0.3, 0.4) is 0 Å². The minimum Gasteiger partial charge on any atom is -0.397 e. The predicted molar refractivity (Wildman–Crippen MR) is 67.9 cm³/mol. The fourth-order valence-electron chi connectivity index (χ4n) is 2.49. The van der Waals surface area contributed by atoms with Gasteiger partial charge in [0, 0.05) is 18.5 Å². The van der Waals surface area contributed by atoms with Crippen molar-refractivity contribution < 1.29 is 0 Å². The minimum atomic E-state index is 0.741. The maximum atomic E-state index is 6.11. The van der Waals surface area contributed by atoms with E-state index in [1.807, 2.05) is 12.1 Å². The molecular weight excluding hydrogens is 200 g/mol. The third kappa shape index (κ3) is 1.23. The zero-order valence-electron chi connectivity index (χ0n) is 9.19. The minimum absolute atomic E-state index is 0.741. The number of anilines is 2. The SMILES string of the molecule is Nc1cccc2cc(N3CCCC3)n(N)c12. The molecule has 0 bridgehead atoms. The van der Waals surface area contributed by atoms with Crippen molar-refractivity contribution in [2.45, 2.75) is 12.8 Å². The summed E-state index contributed by atoms with van der Waals surface area (Å²) < 4.78 is 1.72. The van der Waals surface area contributed by atoms with E-state index in [-0.39, 0.29) is 0 Å². The number of nitrogens with zero attached hydrogens (tertiary/aromatic N) is 2. The fourth-order valence-corrected chi connectivity index (χ4v) is 2.49. The van der Waals surface area contributed by atoms with E-state index in [0.29, 0.717) is 0 Å². The van der Waals surface area contributed by atoms with Crippen molar-refractivity contribution in [3.63, 3.8) is 0 Å². The molecule has 0 saturated carbocycles. The van der Waals surface area contributed by atoms with Crippen LogP contribution in [0.1, 0.15) is 12.8 Å². The highest BCUT2D eigenvalue weighted by Crippen LogP contribution is 2.29. The highest BCUT2D eigenvalue weighted by atomic mass is 15.4. The second kappa shape index (κ2) is 3.33. The number of fused-ring (bicyclic) bond motifs is 1. The number of aromatic nitrogens is 1. The summed E-state index contributed by atoms with van der Waals surface area (Å²) in [7, 11) is 0. The van der Waals surface area contributed by atoms with Crippen molar-refractivity contribution in [3.05, 3.63) is 24.3 Å². The van der Waals surface area contributed by atoms with Crippen molar-refractivity contribution >= 4 is 22.4 Å². The largest absolute Gasteiger partial charge is 0.397 e. The molecule has 1 saturated heterocycles. The maximum Gasteiger partial charge on any atom is 0.128 e. The lowest BCUT2D eigenvalue weighted by Crippen LogP contribution is -2.24. The highest BCUT2D eigenvalue weighted by Gasteiger charge is 2.18. The zero-order chi connectivity index (χ0) is 11.1. The Hall–Kier alpha value is -1.84. The van der Waals surface area contributed by atoms with Gasteiger partial charge in [0.1, 0.15) is 5.82 Å². The molecule has 16 heavy (non-hydrogen) atoms. The standard InChI is InChI=1S/C12H16N4/c13-10-5-3-4-9-8-11(16(14)12(9)10)15-6-1-2-7-15/h3-5,8H,1-2,6-7,13-14H2. The Balaban J connectivity index is 2.19. The average Bonchev–Trinajstić information content (AvgIpc) is 2.86. The van der Waals surface area contributed by atoms with E-state index in [1.54, 1.807) is 4.68 Å². The van der Waals surface area contributed by atoms with Crippen LogP contribution in [0.15, 0.2) is 24.3 Å². The molecular formula is C12H16N4. The number of para-hydroxylation sites is 1. The van der Waals surface area contributed by atoms with Gasteiger partial charge in [0.05, 0.1) is 11.2 Å². The van der Waals surface area contributed by atoms with Gasteiger partial charge >= 0.3 is 0 Å². The second-order valence-corrected chi connectivity index (χ2v) is 4.35. The van der Waals surface area contributed by atoms with Crippen molar-refractivity contribution in [2.24, 2.45) is 0 Å². The van der Waals surface area contributed by atoms with E-state index in [9.17, 15) is 0 Å². The van der Waals surface area contributed by atoms with Gasteiger partial charge in [-0.05, 0) is 25.0 Å². The molecule has 0 unspecified atom stereocenters. The summed E-state index contributed by atoms with van der Waals surface area (Å²) in [5.74, 6) is 7.19. The number of hydrogen-bond acceptors (Lipinski definition) is 3. The summed E-state index contributed by atoms with van der Waals surface area (Å²) >= 11 is 0. The van der Waals surface area contributed by atoms with Crippen LogP contribution < -0.4 is 16.5 Å². The second-order valence-electron chi connectivity index (χ2n) is 4.35. The molecule has 1 aromatic carbocycles. The Kier molecular flexibility index (Phi) is 1.96. The predicted octanol–water partition coefficient (Wildman–Crippen LogP) is 1.54. The van der Waals surface area contributed by atoms with Crippen molar-refractivity contribution in [1.82, 2.24) is 4.68 Å². The van der Waals surface area contributed by atoms with Gasteiger partial charge < -0.3 is 16.5 Å². The third-order valence-corrected chi connectivity index (χ3v) is 3.30. The molecule has 4 N–H and O–H groups in total. The molecule has 4 nitrogen and oxygen atoms in total. The molecule has 1 aliphatic rings. The van der Waals surface area contributed by atoms with E-state index in [0.717, 1.165) is 35.5 Å². The summed E-state index contributed by atoms with van der Waals surface area (Å²) in [5.41, 5.74) is 7.63. The first-order valence-electron chi connectivity index (χ1n) is 5.67. The Morgan fingerprint density at radius 3 is 2.56 bits per heavy atom. The monoisotopic (exact) mass is 216 g/mol. The number of benzene rings is 1. The summed E-state index contributed by atoms with van der Waals surface area (Å²) in [5, 5.41) is 1.12. The van der Waals surface area contributed by atoms with E-state index in [4.69, 9.17) is 11.6 Å². The van der Waals surface area contributed by atoms with Crippen LogP contribution in [0.25, 0.3) is 10.9 Å². The molecule has 0 amide bonds. The molecule has 1 aromatic heterocycles. The number of rotatable bonds is 1. The summed E-state index contributed by atoms with van der Waals surface area (Å²) in [6, 6.07) is 8.02. The first-order chi connectivity index (χ1) is 7.77. The molecule has 0 radical (unpaired) electrons. The van der Waals surface area contributed by atoms with Gasteiger partial charge in [0.25, 0.3) is 0 Å². The summed E-state index contributed by atoms with van der Waals surface area (Å²) in [4.78, 5) is 2.32. The molecule has 0 atom stereocenters. The normalized spacial score (nSPS) is 16.1. The topological polar surface area (TPSA) is 60.2 Å². The molecule has 1 aliphatic heterocycles. The van der Waals surface area contributed by atoms with Gasteiger partial charge in [-0.2, -0.15) is 0 Å². The zero-order valence-corrected chi connectivity index (χ0v) is 9.19. The van der Waals surface area contributed by atoms with Gasteiger partial charge in [0.15, 0.2) is 0 Å². The maximum absolute atomic E-state index is 6.11. The van der Waals surface area contributed by atoms with Gasteiger partial charge in [-0.3, -0.25) is 0 Å². The quantitative estimate of drug-likeness (QED) is 0.561. The fraction of sp³-hybridized carbons (Fsp3) is 0.333. The Morgan fingerprint density at radius 1 is 1.12 bits per heavy atom. The molecule has 1 fully saturated rings. The van der Waals surface area contributed by atoms with Gasteiger partial charge in [-0.15, -0.1) is 0 Å². The molecule has 84 valence electrons. The van der Waals surface area contributed by atoms with Crippen LogP contribution in [0, 0.1) is 0 Å². The molecule has 0 aliphatic carbocycles. The van der Waals surface area contributed by atoms with Gasteiger partial charge in [-0.25, -0.2) is 4.68 Å². The summed E-state index contributed by atoms with van der Waals surface area (Å²) in [6.07, 6.45) is 2.49. The molecule has 3 rings (SSSR count). The number of nitrogen functional groups attached to an aromatic ring is 2. The molecule has 2 heterocycles. The molecule has 2 aromatic rings. The van der Waals surface area contributed by atoms with Gasteiger partial charge in [-0.1, -0.05) is 12.1 Å². The van der Waals surface area contributed by atoms with Crippen LogP contribution >= 0.6 is 0 Å². The van der Waals surface area contributed by atoms with E-state index >= 15 is 0 Å². The number of hydrogen-bond donors (Lipinski definition) is 2. The Bertz CT molecular complexity index is 523. The average molecular weight is 216 g/mol. The lowest BCUT2D eigenvalue weighted by molar-refractivity contribution is 0.895. The van der Waals surface area contributed by atoms with Crippen molar-refractivity contribution in [3.8, 4) is 0 Å². The van der Waals surface area contributed by atoms with E-state index in [1.165, 1.54) is 12.8 Å². The number of nitrogens with two attached hydrogens (primary N) is 2. The van der Waals surface area contributed by atoms with Crippen LogP contribution in [-0.4, -0.2) is 17.8 Å². The molecule has 4 heteroatoms. The van der Waals surface area contributed by atoms with Crippen LogP contribution in [0.2, 0.25) is 0 Å².